The molecule has 0 spiro atoms. The van der Waals surface area contributed by atoms with E-state index in [4.69, 9.17) is 4.98 Å². The number of aryl methyl sites for hydroxylation is 3. The van der Waals surface area contributed by atoms with Crippen LogP contribution in [0.5, 0.6) is 0 Å². The number of benzene rings is 1. The number of imidazole rings is 1. The Balaban J connectivity index is 2.12. The van der Waals surface area contributed by atoms with Gasteiger partial charge in [-0.05, 0) is 68.2 Å². The molecule has 0 atom stereocenters. The fourth-order valence-electron chi connectivity index (χ4n) is 3.79. The molecule has 1 N–H and O–H groups in total. The molecule has 3 heteroatoms. The van der Waals surface area contributed by atoms with Gasteiger partial charge in [0.15, 0.2) is 0 Å². The number of hydrogen-bond donors (Lipinski definition) is 1. The minimum absolute atomic E-state index is 1.06. The van der Waals surface area contributed by atoms with Gasteiger partial charge in [-0.2, -0.15) is 0 Å². The van der Waals surface area contributed by atoms with Gasteiger partial charge in [-0.25, -0.2) is 4.98 Å². The predicted octanol–water partition coefficient (Wildman–Crippen LogP) is 3.35. The summed E-state index contributed by atoms with van der Waals surface area (Å²) < 4.78 is 2.43. The van der Waals surface area contributed by atoms with Crippen LogP contribution in [-0.2, 0) is 19.4 Å². The largest absolute Gasteiger partial charge is 0.356 e. The molecule has 0 amide bonds. The monoisotopic (exact) mass is 255 g/mol. The van der Waals surface area contributed by atoms with Crippen molar-refractivity contribution in [2.24, 2.45) is 0 Å². The smallest absolute Gasteiger partial charge is 0.203 e. The van der Waals surface area contributed by atoms with Crippen molar-refractivity contribution in [1.29, 1.82) is 0 Å². The third-order valence-electron chi connectivity index (χ3n) is 4.93. The van der Waals surface area contributed by atoms with E-state index in [1.54, 1.807) is 11.1 Å². The van der Waals surface area contributed by atoms with Crippen LogP contribution >= 0.6 is 0 Å². The van der Waals surface area contributed by atoms with E-state index in [9.17, 15) is 0 Å². The van der Waals surface area contributed by atoms with Crippen molar-refractivity contribution < 1.29 is 0 Å². The molecule has 1 aliphatic heterocycles. The average molecular weight is 255 g/mol. The van der Waals surface area contributed by atoms with Crippen LogP contribution in [0.3, 0.4) is 0 Å². The summed E-state index contributed by atoms with van der Waals surface area (Å²) in [5.41, 5.74) is 8.75. The van der Waals surface area contributed by atoms with Gasteiger partial charge in [0.1, 0.15) is 0 Å². The predicted molar refractivity (Wildman–Crippen MR) is 79.0 cm³/mol. The molecule has 0 unspecified atom stereocenters. The van der Waals surface area contributed by atoms with Gasteiger partial charge in [-0.15, -0.1) is 0 Å². The molecule has 2 aliphatic rings. The van der Waals surface area contributed by atoms with E-state index < -0.39 is 0 Å². The minimum atomic E-state index is 1.06. The van der Waals surface area contributed by atoms with Crippen LogP contribution in [0.4, 0.5) is 5.95 Å². The highest BCUT2D eigenvalue weighted by Crippen LogP contribution is 2.36. The van der Waals surface area contributed by atoms with E-state index in [1.807, 2.05) is 0 Å². The van der Waals surface area contributed by atoms with Gasteiger partial charge in [0.2, 0.25) is 5.95 Å². The Kier molecular flexibility index (Phi) is 2.38. The molecule has 1 aromatic carbocycles. The van der Waals surface area contributed by atoms with Crippen LogP contribution in [0.1, 0.15) is 41.5 Å². The van der Waals surface area contributed by atoms with Gasteiger partial charge in [-0.1, -0.05) is 0 Å². The lowest BCUT2D eigenvalue weighted by molar-refractivity contribution is 0.633. The van der Waals surface area contributed by atoms with Gasteiger partial charge in [0.05, 0.1) is 11.0 Å². The summed E-state index contributed by atoms with van der Waals surface area (Å²) in [6, 6.07) is 0. The maximum atomic E-state index is 4.87. The highest BCUT2D eigenvalue weighted by atomic mass is 15.2. The molecule has 2 heterocycles. The second-order valence-corrected chi connectivity index (χ2v) is 5.98. The Morgan fingerprint density at radius 2 is 1.79 bits per heavy atom. The third kappa shape index (κ3) is 1.47. The maximum Gasteiger partial charge on any atom is 0.203 e. The zero-order valence-corrected chi connectivity index (χ0v) is 11.8. The van der Waals surface area contributed by atoms with E-state index in [-0.39, 0.29) is 0 Å². The lowest BCUT2D eigenvalue weighted by atomic mass is 9.85. The SMILES string of the molecule is Cc1c2c(c3c(nc4n3CCCN4)c1C)CCCC2. The van der Waals surface area contributed by atoms with Crippen molar-refractivity contribution in [1.82, 2.24) is 9.55 Å². The second-order valence-electron chi connectivity index (χ2n) is 5.98. The van der Waals surface area contributed by atoms with Gasteiger partial charge < -0.3 is 9.88 Å². The van der Waals surface area contributed by atoms with Crippen molar-refractivity contribution in [3.8, 4) is 0 Å². The van der Waals surface area contributed by atoms with Gasteiger partial charge >= 0.3 is 0 Å². The maximum absolute atomic E-state index is 4.87. The van der Waals surface area contributed by atoms with Crippen molar-refractivity contribution in [3.05, 3.63) is 22.3 Å². The van der Waals surface area contributed by atoms with Crippen LogP contribution in [0.2, 0.25) is 0 Å². The van der Waals surface area contributed by atoms with Crippen molar-refractivity contribution in [2.75, 3.05) is 11.9 Å². The van der Waals surface area contributed by atoms with Crippen molar-refractivity contribution in [2.45, 2.75) is 52.5 Å². The van der Waals surface area contributed by atoms with E-state index in [1.165, 1.54) is 54.3 Å². The van der Waals surface area contributed by atoms with Gasteiger partial charge in [0.25, 0.3) is 0 Å². The summed E-state index contributed by atoms with van der Waals surface area (Å²) in [7, 11) is 0. The second kappa shape index (κ2) is 3.99. The first kappa shape index (κ1) is 11.3. The van der Waals surface area contributed by atoms with E-state index in [2.05, 4.69) is 23.7 Å². The lowest BCUT2D eigenvalue weighted by Crippen LogP contribution is -2.18. The third-order valence-corrected chi connectivity index (χ3v) is 4.93. The summed E-state index contributed by atoms with van der Waals surface area (Å²) in [5.74, 6) is 1.09. The minimum Gasteiger partial charge on any atom is -0.356 e. The molecule has 0 radical (unpaired) electrons. The molecule has 1 aliphatic carbocycles. The molecule has 19 heavy (non-hydrogen) atoms. The van der Waals surface area contributed by atoms with Crippen LogP contribution in [0, 0.1) is 13.8 Å². The zero-order valence-electron chi connectivity index (χ0n) is 11.8. The van der Waals surface area contributed by atoms with Crippen LogP contribution in [-0.4, -0.2) is 16.1 Å². The summed E-state index contributed by atoms with van der Waals surface area (Å²) in [5, 5.41) is 3.46. The van der Waals surface area contributed by atoms with E-state index in [0.717, 1.165) is 19.0 Å². The fraction of sp³-hybridized carbons (Fsp3) is 0.562. The Labute approximate surface area is 114 Å². The number of fused-ring (bicyclic) bond motifs is 5. The normalized spacial score (nSPS) is 18.0. The molecule has 3 nitrogen and oxygen atoms in total. The van der Waals surface area contributed by atoms with Crippen molar-refractivity contribution in [3.63, 3.8) is 0 Å². The highest BCUT2D eigenvalue weighted by Gasteiger charge is 2.24. The lowest BCUT2D eigenvalue weighted by Gasteiger charge is -2.23. The molecule has 4 rings (SSSR count). The molecular weight excluding hydrogens is 234 g/mol. The number of hydrogen-bond acceptors (Lipinski definition) is 2. The fourth-order valence-corrected chi connectivity index (χ4v) is 3.79. The van der Waals surface area contributed by atoms with E-state index >= 15 is 0 Å². The van der Waals surface area contributed by atoms with Crippen molar-refractivity contribution >= 4 is 17.0 Å². The number of nitrogens with zero attached hydrogens (tertiary/aromatic N) is 2. The first-order valence-corrected chi connectivity index (χ1v) is 7.52. The zero-order chi connectivity index (χ0) is 13.0. The first-order valence-electron chi connectivity index (χ1n) is 7.52. The summed E-state index contributed by atoms with van der Waals surface area (Å²) >= 11 is 0. The quantitative estimate of drug-likeness (QED) is 0.782. The van der Waals surface area contributed by atoms with Gasteiger partial charge in [0, 0.05) is 13.1 Å². The molecule has 0 saturated heterocycles. The number of rotatable bonds is 0. The molecule has 0 bridgehead atoms. The van der Waals surface area contributed by atoms with E-state index in [0.29, 0.717) is 0 Å². The van der Waals surface area contributed by atoms with Gasteiger partial charge in [-0.3, -0.25) is 0 Å². The average Bonchev–Trinajstić information content (AvgIpc) is 2.84. The number of aromatic nitrogens is 2. The summed E-state index contributed by atoms with van der Waals surface area (Å²) in [4.78, 5) is 4.87. The summed E-state index contributed by atoms with van der Waals surface area (Å²) in [6.45, 7) is 6.70. The highest BCUT2D eigenvalue weighted by molar-refractivity contribution is 5.88. The molecular formula is C16H21N3. The number of nitrogens with one attached hydrogen (secondary N) is 1. The molecule has 1 aromatic heterocycles. The Hall–Kier alpha value is -1.51. The molecule has 0 fully saturated rings. The number of anilines is 1. The standard InChI is InChI=1S/C16H21N3/c1-10-11(2)14-15(13-7-4-3-6-12(10)13)19-9-5-8-17-16(19)18-14/h3-9H2,1-2H3,(H,17,18). The molecule has 0 saturated carbocycles. The summed E-state index contributed by atoms with van der Waals surface area (Å²) in [6.07, 6.45) is 6.38. The topological polar surface area (TPSA) is 29.9 Å². The van der Waals surface area contributed by atoms with Crippen LogP contribution in [0.25, 0.3) is 11.0 Å². The van der Waals surface area contributed by atoms with Crippen LogP contribution < -0.4 is 5.32 Å². The Morgan fingerprint density at radius 1 is 1.00 bits per heavy atom. The Bertz CT molecular complexity index is 667. The molecule has 2 aromatic rings. The molecule has 100 valence electrons. The first-order chi connectivity index (χ1) is 9.27. The van der Waals surface area contributed by atoms with Crippen LogP contribution in [0.15, 0.2) is 0 Å². The Morgan fingerprint density at radius 3 is 2.63 bits per heavy atom.